The summed E-state index contributed by atoms with van der Waals surface area (Å²) in [7, 11) is 0. The van der Waals surface area contributed by atoms with Crippen LogP contribution in [0.2, 0.25) is 0 Å². The molecule has 0 radical (unpaired) electrons. The lowest BCUT2D eigenvalue weighted by Crippen LogP contribution is -2.44. The molecule has 5 nitrogen and oxygen atoms in total. The summed E-state index contributed by atoms with van der Waals surface area (Å²) in [6, 6.07) is -0.463. The fourth-order valence-corrected chi connectivity index (χ4v) is 3.32. The Morgan fingerprint density at radius 1 is 1.50 bits per heavy atom. The van der Waals surface area contributed by atoms with Crippen LogP contribution < -0.4 is 10.6 Å². The molecule has 1 aromatic heterocycles. The first kappa shape index (κ1) is 13.4. The third-order valence-electron chi connectivity index (χ3n) is 2.67. The molecule has 0 unspecified atom stereocenters. The number of carbonyl (C=O) groups excluding carboxylic acids is 2. The van der Waals surface area contributed by atoms with E-state index >= 15 is 0 Å². The summed E-state index contributed by atoms with van der Waals surface area (Å²) < 4.78 is 0. The maximum atomic E-state index is 12.0. The van der Waals surface area contributed by atoms with Crippen molar-refractivity contribution in [2.24, 2.45) is 0 Å². The first-order valence-corrected chi connectivity index (χ1v) is 7.65. The molecule has 0 aromatic carbocycles. The van der Waals surface area contributed by atoms with Crippen molar-refractivity contribution in [3.05, 3.63) is 10.6 Å². The van der Waals surface area contributed by atoms with Gasteiger partial charge in [0, 0.05) is 22.8 Å². The third-order valence-corrected chi connectivity index (χ3v) is 4.72. The van der Waals surface area contributed by atoms with E-state index < -0.39 is 6.04 Å². The molecular weight excluding hydrogens is 270 g/mol. The quantitative estimate of drug-likeness (QED) is 0.860. The number of thiazole rings is 1. The summed E-state index contributed by atoms with van der Waals surface area (Å²) in [6.07, 6.45) is 0.476. The van der Waals surface area contributed by atoms with Gasteiger partial charge >= 0.3 is 0 Å². The maximum absolute atomic E-state index is 12.0. The number of anilines is 1. The van der Waals surface area contributed by atoms with E-state index in [1.807, 2.05) is 13.8 Å². The van der Waals surface area contributed by atoms with Crippen LogP contribution in [0, 0.1) is 13.8 Å². The van der Waals surface area contributed by atoms with Crippen LogP contribution >= 0.6 is 23.1 Å². The minimum absolute atomic E-state index is 0.0633. The molecule has 1 aromatic rings. The van der Waals surface area contributed by atoms with Gasteiger partial charge in [-0.3, -0.25) is 9.59 Å². The Balaban J connectivity index is 2.00. The van der Waals surface area contributed by atoms with Crippen LogP contribution in [0.5, 0.6) is 0 Å². The Morgan fingerprint density at radius 2 is 2.28 bits per heavy atom. The minimum Gasteiger partial charge on any atom is -0.343 e. The Hall–Kier alpha value is -1.08. The number of aryl methyl sites for hydroxylation is 2. The number of rotatable bonds is 2. The third kappa shape index (κ3) is 3.23. The van der Waals surface area contributed by atoms with E-state index in [2.05, 4.69) is 15.6 Å². The molecule has 2 rings (SSSR count). The molecule has 0 spiro atoms. The number of hydrogen-bond donors (Lipinski definition) is 2. The van der Waals surface area contributed by atoms with Gasteiger partial charge in [0.15, 0.2) is 5.13 Å². The number of amides is 2. The summed E-state index contributed by atoms with van der Waals surface area (Å²) >= 11 is 3.06. The van der Waals surface area contributed by atoms with E-state index in [-0.39, 0.29) is 11.8 Å². The maximum Gasteiger partial charge on any atom is 0.249 e. The van der Waals surface area contributed by atoms with Crippen LogP contribution in [-0.2, 0) is 9.59 Å². The summed E-state index contributed by atoms with van der Waals surface area (Å²) in [5.74, 6) is 1.13. The Kier molecular flexibility index (Phi) is 4.23. The van der Waals surface area contributed by atoms with Crippen LogP contribution in [0.25, 0.3) is 0 Å². The van der Waals surface area contributed by atoms with Crippen LogP contribution in [0.4, 0.5) is 5.13 Å². The molecule has 0 aliphatic carbocycles. The molecule has 98 valence electrons. The Labute approximate surface area is 114 Å². The highest BCUT2D eigenvalue weighted by molar-refractivity contribution is 7.99. The average molecular weight is 285 g/mol. The van der Waals surface area contributed by atoms with E-state index in [0.29, 0.717) is 17.3 Å². The molecule has 1 fully saturated rings. The number of carbonyl (C=O) groups is 2. The molecule has 2 heterocycles. The summed E-state index contributed by atoms with van der Waals surface area (Å²) in [4.78, 5) is 28.7. The molecule has 1 aliphatic rings. The van der Waals surface area contributed by atoms with Crippen molar-refractivity contribution in [2.45, 2.75) is 26.3 Å². The molecule has 0 saturated carbocycles. The second-order valence-corrected chi connectivity index (χ2v) is 6.45. The van der Waals surface area contributed by atoms with Gasteiger partial charge in [0.2, 0.25) is 11.8 Å². The SMILES string of the molecule is Cc1nc(NC(=O)[C@H]2CSCCC(=O)N2)sc1C. The van der Waals surface area contributed by atoms with Crippen LogP contribution in [0.1, 0.15) is 17.0 Å². The number of nitrogens with one attached hydrogen (secondary N) is 2. The first-order valence-electron chi connectivity index (χ1n) is 5.68. The molecule has 2 N–H and O–H groups in total. The molecule has 0 bridgehead atoms. The monoisotopic (exact) mass is 285 g/mol. The van der Waals surface area contributed by atoms with Crippen molar-refractivity contribution < 1.29 is 9.59 Å². The van der Waals surface area contributed by atoms with Gasteiger partial charge in [0.05, 0.1) is 5.69 Å². The van der Waals surface area contributed by atoms with Gasteiger partial charge in [-0.2, -0.15) is 11.8 Å². The van der Waals surface area contributed by atoms with Crippen molar-refractivity contribution in [2.75, 3.05) is 16.8 Å². The second kappa shape index (κ2) is 5.71. The number of hydrogen-bond acceptors (Lipinski definition) is 5. The molecule has 2 amide bonds. The molecule has 1 aliphatic heterocycles. The molecule has 7 heteroatoms. The van der Waals surface area contributed by atoms with Crippen LogP contribution in [-0.4, -0.2) is 34.3 Å². The van der Waals surface area contributed by atoms with E-state index in [0.717, 1.165) is 16.3 Å². The van der Waals surface area contributed by atoms with Gasteiger partial charge in [-0.15, -0.1) is 11.3 Å². The van der Waals surface area contributed by atoms with Gasteiger partial charge in [-0.25, -0.2) is 4.98 Å². The van der Waals surface area contributed by atoms with E-state index in [4.69, 9.17) is 0 Å². The fraction of sp³-hybridized carbons (Fsp3) is 0.545. The first-order chi connectivity index (χ1) is 8.56. The van der Waals surface area contributed by atoms with Crippen molar-refractivity contribution in [3.63, 3.8) is 0 Å². The van der Waals surface area contributed by atoms with Crippen LogP contribution in [0.15, 0.2) is 0 Å². The van der Waals surface area contributed by atoms with E-state index in [1.165, 1.54) is 11.3 Å². The molecule has 18 heavy (non-hydrogen) atoms. The topological polar surface area (TPSA) is 71.1 Å². The highest BCUT2D eigenvalue weighted by atomic mass is 32.2. The lowest BCUT2D eigenvalue weighted by atomic mass is 10.3. The summed E-state index contributed by atoms with van der Waals surface area (Å²) in [5.41, 5.74) is 0.926. The van der Waals surface area contributed by atoms with Gasteiger partial charge < -0.3 is 10.6 Å². The normalized spacial score (nSPS) is 20.1. The van der Waals surface area contributed by atoms with E-state index in [1.54, 1.807) is 11.8 Å². The highest BCUT2D eigenvalue weighted by Crippen LogP contribution is 2.21. The minimum atomic E-state index is -0.463. The molecular formula is C11H15N3O2S2. The van der Waals surface area contributed by atoms with Crippen molar-refractivity contribution in [1.29, 1.82) is 0 Å². The number of nitrogens with zero attached hydrogens (tertiary/aromatic N) is 1. The lowest BCUT2D eigenvalue weighted by Gasteiger charge is -2.13. The second-order valence-electron chi connectivity index (χ2n) is 4.09. The lowest BCUT2D eigenvalue weighted by molar-refractivity contribution is -0.125. The predicted molar refractivity (Wildman–Crippen MR) is 74.1 cm³/mol. The number of aromatic nitrogens is 1. The predicted octanol–water partition coefficient (Wildman–Crippen LogP) is 1.32. The molecule has 1 saturated heterocycles. The van der Waals surface area contributed by atoms with Gasteiger partial charge in [0.25, 0.3) is 0 Å². The van der Waals surface area contributed by atoms with Gasteiger partial charge in [0.1, 0.15) is 6.04 Å². The summed E-state index contributed by atoms with van der Waals surface area (Å²) in [6.45, 7) is 3.87. The Bertz CT molecular complexity index is 453. The van der Waals surface area contributed by atoms with Crippen LogP contribution in [0.3, 0.4) is 0 Å². The fourth-order valence-electron chi connectivity index (χ4n) is 1.53. The van der Waals surface area contributed by atoms with Crippen molar-refractivity contribution >= 4 is 40.0 Å². The zero-order valence-corrected chi connectivity index (χ0v) is 11.9. The smallest absolute Gasteiger partial charge is 0.249 e. The standard InChI is InChI=1S/C11H15N3O2S2/c1-6-7(2)18-11(12-6)14-10(16)8-5-17-4-3-9(15)13-8/h8H,3-5H2,1-2H3,(H,13,15)(H,12,14,16)/t8-/m1/s1. The van der Waals surface area contributed by atoms with Gasteiger partial charge in [-0.05, 0) is 13.8 Å². The highest BCUT2D eigenvalue weighted by Gasteiger charge is 2.24. The van der Waals surface area contributed by atoms with Crippen molar-refractivity contribution in [3.8, 4) is 0 Å². The number of thioether (sulfide) groups is 1. The molecule has 1 atom stereocenters. The summed E-state index contributed by atoms with van der Waals surface area (Å²) in [5, 5.41) is 6.08. The zero-order valence-electron chi connectivity index (χ0n) is 10.3. The largest absolute Gasteiger partial charge is 0.343 e. The van der Waals surface area contributed by atoms with Gasteiger partial charge in [-0.1, -0.05) is 0 Å². The van der Waals surface area contributed by atoms with Crippen molar-refractivity contribution in [1.82, 2.24) is 10.3 Å². The zero-order chi connectivity index (χ0) is 13.1. The Morgan fingerprint density at radius 3 is 2.94 bits per heavy atom. The average Bonchev–Trinajstić information content (AvgIpc) is 2.53. The van der Waals surface area contributed by atoms with E-state index in [9.17, 15) is 9.59 Å².